The first-order chi connectivity index (χ1) is 45.9. The van der Waals surface area contributed by atoms with Crippen molar-refractivity contribution in [2.24, 2.45) is 0 Å². The summed E-state index contributed by atoms with van der Waals surface area (Å²) in [6, 6.07) is 97.6. The van der Waals surface area contributed by atoms with Gasteiger partial charge in [0.1, 0.15) is 11.6 Å². The summed E-state index contributed by atoms with van der Waals surface area (Å²) in [6.45, 7) is 26.6. The van der Waals surface area contributed by atoms with Crippen LogP contribution in [-0.2, 0) is 21.7 Å². The maximum Gasteiger partial charge on any atom is 0.148 e. The Kier molecular flexibility index (Phi) is 16.0. The van der Waals surface area contributed by atoms with Crippen LogP contribution in [0.1, 0.15) is 105 Å². The summed E-state index contributed by atoms with van der Waals surface area (Å²) in [4.78, 5) is 4.31. The van der Waals surface area contributed by atoms with Gasteiger partial charge in [0.2, 0.25) is 0 Å². The monoisotopic (exact) mass is 1250 g/mol. The van der Waals surface area contributed by atoms with Crippen LogP contribution in [0.4, 0.5) is 42.9 Å². The quantitative estimate of drug-likeness (QED) is 0.113. The lowest BCUT2D eigenvalue weighted by Gasteiger charge is -2.32. The topological polar surface area (TPSA) is 6.48 Å². The van der Waals surface area contributed by atoms with Gasteiger partial charge in [0.15, 0.2) is 0 Å². The predicted molar refractivity (Wildman–Crippen MR) is 407 cm³/mol. The molecular weight excluding hydrogens is 1170 g/mol. The van der Waals surface area contributed by atoms with Crippen molar-refractivity contribution in [3.8, 4) is 66.8 Å². The van der Waals surface area contributed by atoms with Crippen molar-refractivity contribution in [2.45, 2.75) is 105 Å². The molecule has 14 rings (SSSR count). The van der Waals surface area contributed by atoms with Crippen molar-refractivity contribution in [3.05, 3.63) is 313 Å². The van der Waals surface area contributed by atoms with Gasteiger partial charge in [-0.1, -0.05) is 301 Å². The summed E-state index contributed by atoms with van der Waals surface area (Å²) in [7, 11) is 0. The second-order valence-corrected chi connectivity index (χ2v) is 30.1. The fourth-order valence-electron chi connectivity index (χ4n) is 13.9. The maximum atomic E-state index is 18.8. The molecule has 0 aliphatic carbocycles. The zero-order chi connectivity index (χ0) is 67.0. The van der Waals surface area contributed by atoms with Crippen LogP contribution in [0.2, 0.25) is 0 Å². The Morgan fingerprint density at radius 3 is 0.854 bits per heavy atom. The standard InChI is InChI=1S/C92H82F2N2/c1-89(2,3)71-41-29-61(30-42-71)69-55-79(63-33-45-73(46-34-63)91(7,8)9)87(81(93)57-69)95(75-27-19-25-67(53-75)59-21-15-13-16-22-59)83-51-39-65-38-50-78-84(52-40-66-37-49-77(83)85(65)86(66)78)96(76-28-20-26-68(54-76)60-23-17-14-18-24-60)88-80(64-35-47-74(48-36-64)92(10,11)12)56-70(58-82(88)94)62-31-43-72(44-32-62)90(4,5)6/h13-58H,1-12H3. The second-order valence-electron chi connectivity index (χ2n) is 30.1. The van der Waals surface area contributed by atoms with Crippen LogP contribution in [0.5, 0.6) is 0 Å². The third kappa shape index (κ3) is 12.0. The molecule has 0 saturated carbocycles. The van der Waals surface area contributed by atoms with Crippen molar-refractivity contribution in [2.75, 3.05) is 9.80 Å². The van der Waals surface area contributed by atoms with Crippen LogP contribution in [0.25, 0.3) is 99.1 Å². The molecule has 474 valence electrons. The molecule has 0 amide bonds. The zero-order valence-corrected chi connectivity index (χ0v) is 57.2. The van der Waals surface area contributed by atoms with Gasteiger partial charge in [0.05, 0.1) is 22.7 Å². The lowest BCUT2D eigenvalue weighted by Crippen LogP contribution is -2.15. The van der Waals surface area contributed by atoms with Gasteiger partial charge in [-0.3, -0.25) is 0 Å². The lowest BCUT2D eigenvalue weighted by atomic mass is 9.85. The molecule has 0 spiro atoms. The average Bonchev–Trinajstić information content (AvgIpc) is 0.718. The van der Waals surface area contributed by atoms with E-state index in [1.54, 1.807) is 12.1 Å². The number of nitrogens with zero attached hydrogens (tertiary/aromatic N) is 2. The molecular formula is C92H82F2N2. The highest BCUT2D eigenvalue weighted by atomic mass is 19.1. The SMILES string of the molecule is CC(C)(C)c1ccc(-c2cc(F)c(N(c3cccc(-c4ccccc4)c3)c3ccc4ccc5c(N(c6cccc(-c7ccccc7)c6)c6c(F)cc(-c7ccc(C(C)(C)C)cc7)cc6-c6ccc(C(C)(C)C)cc6)ccc6ccc3c4c65)c(-c3ccc(C(C)(C)C)cc3)c2)cc1. The van der Waals surface area contributed by atoms with Gasteiger partial charge in [0, 0.05) is 33.3 Å². The number of anilines is 6. The van der Waals surface area contributed by atoms with E-state index in [-0.39, 0.29) is 33.3 Å². The summed E-state index contributed by atoms with van der Waals surface area (Å²) >= 11 is 0. The number of halogens is 2. The molecule has 0 aliphatic rings. The number of hydrogen-bond donors (Lipinski definition) is 0. The number of benzene rings is 14. The fourth-order valence-corrected chi connectivity index (χ4v) is 13.9. The Morgan fingerprint density at radius 1 is 0.240 bits per heavy atom. The summed E-state index contributed by atoms with van der Waals surface area (Å²) in [5, 5.41) is 5.97. The largest absolute Gasteiger partial charge is 0.307 e. The normalized spacial score (nSPS) is 12.3. The third-order valence-electron chi connectivity index (χ3n) is 19.4. The van der Waals surface area contributed by atoms with Crippen LogP contribution in [0.15, 0.2) is 279 Å². The minimum absolute atomic E-state index is 0.0498. The van der Waals surface area contributed by atoms with E-state index >= 15 is 8.78 Å². The van der Waals surface area contributed by atoms with Gasteiger partial charge in [-0.25, -0.2) is 8.78 Å². The Morgan fingerprint density at radius 2 is 0.531 bits per heavy atom. The van der Waals surface area contributed by atoms with Crippen molar-refractivity contribution in [3.63, 3.8) is 0 Å². The Hall–Kier alpha value is -10.4. The van der Waals surface area contributed by atoms with Crippen molar-refractivity contribution < 1.29 is 8.78 Å². The first-order valence-electron chi connectivity index (χ1n) is 33.7. The van der Waals surface area contributed by atoms with E-state index in [1.807, 2.05) is 12.1 Å². The van der Waals surface area contributed by atoms with Gasteiger partial charge in [-0.05, 0) is 182 Å². The Bertz CT molecular complexity index is 4850. The molecule has 14 aromatic carbocycles. The van der Waals surface area contributed by atoms with Gasteiger partial charge in [-0.15, -0.1) is 0 Å². The van der Waals surface area contributed by atoms with Gasteiger partial charge in [-0.2, -0.15) is 0 Å². The second kappa shape index (κ2) is 24.4. The van der Waals surface area contributed by atoms with Crippen molar-refractivity contribution in [1.82, 2.24) is 0 Å². The first-order valence-corrected chi connectivity index (χ1v) is 33.7. The molecule has 0 heterocycles. The van der Waals surface area contributed by atoms with Gasteiger partial charge < -0.3 is 9.80 Å². The highest BCUT2D eigenvalue weighted by Gasteiger charge is 2.30. The van der Waals surface area contributed by atoms with Crippen molar-refractivity contribution in [1.29, 1.82) is 0 Å². The van der Waals surface area contributed by atoms with E-state index in [1.165, 1.54) is 22.3 Å². The number of rotatable bonds is 12. The highest BCUT2D eigenvalue weighted by molar-refractivity contribution is 6.28. The molecule has 0 saturated heterocycles. The van der Waals surface area contributed by atoms with Crippen LogP contribution in [0, 0.1) is 11.6 Å². The minimum Gasteiger partial charge on any atom is -0.307 e. The molecule has 0 bridgehead atoms. The lowest BCUT2D eigenvalue weighted by molar-refractivity contribution is 0.590. The summed E-state index contributed by atoms with van der Waals surface area (Å²) < 4.78 is 37.6. The molecule has 14 aromatic rings. The van der Waals surface area contributed by atoms with Crippen LogP contribution >= 0.6 is 0 Å². The molecule has 0 atom stereocenters. The summed E-state index contributed by atoms with van der Waals surface area (Å²) in [5.74, 6) is -0.708. The molecule has 0 unspecified atom stereocenters. The van der Waals surface area contributed by atoms with E-state index in [0.29, 0.717) is 11.4 Å². The molecule has 4 heteroatoms. The van der Waals surface area contributed by atoms with Crippen LogP contribution in [-0.4, -0.2) is 0 Å². The number of hydrogen-bond acceptors (Lipinski definition) is 2. The van der Waals surface area contributed by atoms with E-state index in [0.717, 1.165) is 122 Å². The fraction of sp³-hybridized carbons (Fsp3) is 0.174. The maximum absolute atomic E-state index is 18.8. The molecule has 0 aliphatic heterocycles. The van der Waals surface area contributed by atoms with E-state index in [2.05, 4.69) is 348 Å². The third-order valence-corrected chi connectivity index (χ3v) is 19.4. The molecule has 0 radical (unpaired) electrons. The smallest absolute Gasteiger partial charge is 0.148 e. The predicted octanol–water partition coefficient (Wildman–Crippen LogP) is 27.0. The summed E-state index contributed by atoms with van der Waals surface area (Å²) in [5.41, 5.74) is 19.5. The van der Waals surface area contributed by atoms with E-state index in [9.17, 15) is 0 Å². The van der Waals surface area contributed by atoms with Crippen LogP contribution in [0.3, 0.4) is 0 Å². The van der Waals surface area contributed by atoms with Crippen LogP contribution < -0.4 is 9.80 Å². The van der Waals surface area contributed by atoms with Gasteiger partial charge in [0.25, 0.3) is 0 Å². The highest BCUT2D eigenvalue weighted by Crippen LogP contribution is 2.53. The minimum atomic E-state index is -0.354. The van der Waals surface area contributed by atoms with E-state index in [4.69, 9.17) is 0 Å². The molecule has 0 fully saturated rings. The summed E-state index contributed by atoms with van der Waals surface area (Å²) in [6.07, 6.45) is 0. The van der Waals surface area contributed by atoms with Gasteiger partial charge >= 0.3 is 0 Å². The van der Waals surface area contributed by atoms with Crippen molar-refractivity contribution >= 4 is 66.4 Å². The first kappa shape index (κ1) is 63.0. The van der Waals surface area contributed by atoms with E-state index < -0.39 is 0 Å². The molecule has 2 nitrogen and oxygen atoms in total. The molecule has 96 heavy (non-hydrogen) atoms. The molecule has 0 aromatic heterocycles. The Balaban J connectivity index is 1.03. The molecule has 0 N–H and O–H groups in total. The zero-order valence-electron chi connectivity index (χ0n) is 57.2. The Labute approximate surface area is 566 Å². The average molecular weight is 1250 g/mol.